The third-order valence-electron chi connectivity index (χ3n) is 5.45. The molecule has 5 nitrogen and oxygen atoms in total. The number of hydrogen-bond acceptors (Lipinski definition) is 3. The number of aromatic nitrogens is 1. The Kier molecular flexibility index (Phi) is 6.93. The Bertz CT molecular complexity index is 714. The first-order valence-electron chi connectivity index (χ1n) is 9.97. The second-order valence-corrected chi connectivity index (χ2v) is 7.35. The molecule has 0 saturated carbocycles. The maximum absolute atomic E-state index is 12.6. The van der Waals surface area contributed by atoms with Gasteiger partial charge in [-0.15, -0.1) is 0 Å². The minimum absolute atomic E-state index is 0.132. The lowest BCUT2D eigenvalue weighted by molar-refractivity contribution is 0.0691. The number of carbonyl (C=O) groups excluding carboxylic acids is 1. The van der Waals surface area contributed by atoms with Gasteiger partial charge in [-0.3, -0.25) is 4.79 Å². The molecule has 5 heteroatoms. The summed E-state index contributed by atoms with van der Waals surface area (Å²) in [5.74, 6) is 1.60. The van der Waals surface area contributed by atoms with Crippen molar-refractivity contribution in [3.63, 3.8) is 0 Å². The van der Waals surface area contributed by atoms with Crippen LogP contribution in [0.25, 0.3) is 0 Å². The summed E-state index contributed by atoms with van der Waals surface area (Å²) in [5.41, 5.74) is 2.07. The molecule has 1 N–H and O–H groups in total. The predicted octanol–water partition coefficient (Wildman–Crippen LogP) is 3.44. The smallest absolute Gasteiger partial charge is 0.255 e. The maximum Gasteiger partial charge on any atom is 0.255 e. The third-order valence-corrected chi connectivity index (χ3v) is 5.45. The highest BCUT2D eigenvalue weighted by Gasteiger charge is 2.24. The monoisotopic (exact) mass is 369 g/mol. The lowest BCUT2D eigenvalue weighted by atomic mass is 9.96. The van der Waals surface area contributed by atoms with Gasteiger partial charge in [-0.2, -0.15) is 0 Å². The summed E-state index contributed by atoms with van der Waals surface area (Å²) in [6, 6.07) is 10.2. The second-order valence-electron chi connectivity index (χ2n) is 7.35. The van der Waals surface area contributed by atoms with Gasteiger partial charge in [0.25, 0.3) is 5.91 Å². The van der Waals surface area contributed by atoms with Crippen LogP contribution in [0.1, 0.15) is 35.7 Å². The Morgan fingerprint density at radius 3 is 3.00 bits per heavy atom. The van der Waals surface area contributed by atoms with E-state index in [0.717, 1.165) is 50.5 Å². The lowest BCUT2D eigenvalue weighted by Gasteiger charge is -2.35. The van der Waals surface area contributed by atoms with Crippen LogP contribution >= 0.6 is 0 Å². The Hall–Kier alpha value is -2.27. The number of amides is 1. The van der Waals surface area contributed by atoms with Crippen LogP contribution in [0, 0.1) is 5.92 Å². The molecule has 1 atom stereocenters. The molecule has 1 unspecified atom stereocenters. The number of carbonyl (C=O) groups is 1. The van der Waals surface area contributed by atoms with Crippen LogP contribution in [-0.4, -0.2) is 60.5 Å². The summed E-state index contributed by atoms with van der Waals surface area (Å²) < 4.78 is 5.32. The highest BCUT2D eigenvalue weighted by atomic mass is 16.5. The number of nitrogens with one attached hydrogen (secondary N) is 1. The van der Waals surface area contributed by atoms with Crippen LogP contribution in [0.3, 0.4) is 0 Å². The van der Waals surface area contributed by atoms with Gasteiger partial charge in [0.15, 0.2) is 0 Å². The maximum atomic E-state index is 12.6. The molecule has 1 aliphatic rings. The molecule has 1 aromatic heterocycles. The number of methoxy groups -OCH3 is 1. The van der Waals surface area contributed by atoms with Crippen molar-refractivity contribution in [1.29, 1.82) is 0 Å². The van der Waals surface area contributed by atoms with Gasteiger partial charge >= 0.3 is 0 Å². The third kappa shape index (κ3) is 5.36. The molecule has 1 aliphatic heterocycles. The Morgan fingerprint density at radius 2 is 2.26 bits per heavy atom. The van der Waals surface area contributed by atoms with Crippen molar-refractivity contribution in [2.45, 2.75) is 26.2 Å². The fourth-order valence-electron chi connectivity index (χ4n) is 3.93. The number of benzene rings is 1. The number of H-pyrrole nitrogens is 1. The van der Waals surface area contributed by atoms with E-state index in [0.29, 0.717) is 5.92 Å². The Balaban J connectivity index is 1.51. The van der Waals surface area contributed by atoms with Crippen molar-refractivity contribution in [1.82, 2.24) is 14.8 Å². The molecule has 0 radical (unpaired) electrons. The molecule has 146 valence electrons. The molecule has 27 heavy (non-hydrogen) atoms. The van der Waals surface area contributed by atoms with E-state index < -0.39 is 0 Å². The van der Waals surface area contributed by atoms with Gasteiger partial charge in [-0.25, -0.2) is 0 Å². The van der Waals surface area contributed by atoms with Crippen LogP contribution in [0.15, 0.2) is 42.7 Å². The van der Waals surface area contributed by atoms with E-state index in [1.807, 2.05) is 23.2 Å². The molecule has 2 aromatic rings. The van der Waals surface area contributed by atoms with Crippen molar-refractivity contribution in [3.05, 3.63) is 53.9 Å². The number of hydrogen-bond donors (Lipinski definition) is 1. The first-order chi connectivity index (χ1) is 13.2. The molecule has 2 heterocycles. The summed E-state index contributed by atoms with van der Waals surface area (Å²) >= 11 is 0. The number of nitrogens with zero attached hydrogens (tertiary/aromatic N) is 2. The normalized spacial score (nSPS) is 17.6. The van der Waals surface area contributed by atoms with E-state index >= 15 is 0 Å². The van der Waals surface area contributed by atoms with E-state index in [1.54, 1.807) is 13.3 Å². The van der Waals surface area contributed by atoms with Crippen molar-refractivity contribution in [3.8, 4) is 5.75 Å². The predicted molar refractivity (Wildman–Crippen MR) is 108 cm³/mol. The summed E-state index contributed by atoms with van der Waals surface area (Å²) in [4.78, 5) is 20.1. The van der Waals surface area contributed by atoms with Crippen LogP contribution < -0.4 is 4.74 Å². The number of rotatable bonds is 8. The largest absolute Gasteiger partial charge is 0.497 e. The molecule has 3 rings (SSSR count). The fraction of sp³-hybridized carbons (Fsp3) is 0.500. The molecule has 1 amide bonds. The minimum atomic E-state index is 0.132. The number of aromatic amines is 1. The highest BCUT2D eigenvalue weighted by molar-refractivity contribution is 5.94. The summed E-state index contributed by atoms with van der Waals surface area (Å²) in [7, 11) is 1.71. The molecule has 0 spiro atoms. The van der Waals surface area contributed by atoms with Crippen molar-refractivity contribution in [2.24, 2.45) is 5.92 Å². The quantitative estimate of drug-likeness (QED) is 0.775. The van der Waals surface area contributed by atoms with Crippen LogP contribution in [0.4, 0.5) is 0 Å². The molecule has 1 fully saturated rings. The van der Waals surface area contributed by atoms with E-state index in [-0.39, 0.29) is 5.91 Å². The van der Waals surface area contributed by atoms with E-state index in [1.165, 1.54) is 18.4 Å². The molecule has 0 aliphatic carbocycles. The van der Waals surface area contributed by atoms with Gasteiger partial charge in [-0.1, -0.05) is 12.1 Å². The first kappa shape index (κ1) is 19.5. The average Bonchev–Trinajstić information content (AvgIpc) is 3.25. The minimum Gasteiger partial charge on any atom is -0.497 e. The SMILES string of the molecule is CCN(CC1CCCN(CCc2cccc(OC)c2)C1)C(=O)c1cc[nH]c1. The Morgan fingerprint density at radius 1 is 1.37 bits per heavy atom. The van der Waals surface area contributed by atoms with Gasteiger partial charge in [-0.05, 0) is 62.4 Å². The zero-order chi connectivity index (χ0) is 19.1. The second kappa shape index (κ2) is 9.60. The molecule has 1 aromatic carbocycles. The van der Waals surface area contributed by atoms with Gasteiger partial charge < -0.3 is 19.5 Å². The van der Waals surface area contributed by atoms with E-state index in [2.05, 4.69) is 35.0 Å². The first-order valence-corrected chi connectivity index (χ1v) is 9.97. The standard InChI is InChI=1S/C22H31N3O2/c1-3-25(22(26)20-9-11-23-15-20)17-19-7-5-12-24(16-19)13-10-18-6-4-8-21(14-18)27-2/h4,6,8-9,11,14-15,19,23H,3,5,7,10,12-13,16-17H2,1-2H3. The lowest BCUT2D eigenvalue weighted by Crippen LogP contribution is -2.43. The van der Waals surface area contributed by atoms with Crippen LogP contribution in [-0.2, 0) is 6.42 Å². The number of piperidine rings is 1. The zero-order valence-electron chi connectivity index (χ0n) is 16.5. The summed E-state index contributed by atoms with van der Waals surface area (Å²) in [5, 5.41) is 0. The molecular weight excluding hydrogens is 338 g/mol. The van der Waals surface area contributed by atoms with Gasteiger partial charge in [0.2, 0.25) is 0 Å². The van der Waals surface area contributed by atoms with Crippen molar-refractivity contribution in [2.75, 3.05) is 39.8 Å². The van der Waals surface area contributed by atoms with Crippen molar-refractivity contribution < 1.29 is 9.53 Å². The van der Waals surface area contributed by atoms with Gasteiger partial charge in [0.05, 0.1) is 12.7 Å². The van der Waals surface area contributed by atoms with Gasteiger partial charge in [0, 0.05) is 38.6 Å². The zero-order valence-corrected chi connectivity index (χ0v) is 16.5. The van der Waals surface area contributed by atoms with Crippen molar-refractivity contribution >= 4 is 5.91 Å². The highest BCUT2D eigenvalue weighted by Crippen LogP contribution is 2.20. The number of likely N-dealkylation sites (tertiary alicyclic amines) is 1. The summed E-state index contributed by atoms with van der Waals surface area (Å²) in [6.45, 7) is 6.94. The van der Waals surface area contributed by atoms with E-state index in [9.17, 15) is 4.79 Å². The number of ether oxygens (including phenoxy) is 1. The van der Waals surface area contributed by atoms with Crippen LogP contribution in [0.5, 0.6) is 5.75 Å². The van der Waals surface area contributed by atoms with Gasteiger partial charge in [0.1, 0.15) is 5.75 Å². The topological polar surface area (TPSA) is 48.6 Å². The van der Waals surface area contributed by atoms with Crippen LogP contribution in [0.2, 0.25) is 0 Å². The Labute approximate surface area is 162 Å². The van der Waals surface area contributed by atoms with E-state index in [4.69, 9.17) is 4.74 Å². The molecule has 0 bridgehead atoms. The average molecular weight is 370 g/mol. The molecular formula is C22H31N3O2. The molecule has 1 saturated heterocycles. The fourth-order valence-corrected chi connectivity index (χ4v) is 3.93. The summed E-state index contributed by atoms with van der Waals surface area (Å²) in [6.07, 6.45) is 7.03.